The van der Waals surface area contributed by atoms with Crippen LogP contribution in [0, 0.1) is 0 Å². The summed E-state index contributed by atoms with van der Waals surface area (Å²) >= 11 is 0. The van der Waals surface area contributed by atoms with Gasteiger partial charge in [-0.15, -0.1) is 0 Å². The van der Waals surface area contributed by atoms with Crippen molar-refractivity contribution in [3.63, 3.8) is 0 Å². The van der Waals surface area contributed by atoms with Gasteiger partial charge in [0, 0.05) is 12.5 Å². The minimum Gasteiger partial charge on any atom is -0.274 e. The Morgan fingerprint density at radius 2 is 1.00 bits per heavy atom. The van der Waals surface area contributed by atoms with Gasteiger partial charge in [0.2, 0.25) is 0 Å². The number of carbonyl (C=O) groups excluding carboxylic acids is 2. The molecule has 1 aliphatic rings. The quantitative estimate of drug-likeness (QED) is 0.262. The van der Waals surface area contributed by atoms with Crippen molar-refractivity contribution in [1.29, 1.82) is 0 Å². The number of hydrogen-bond acceptors (Lipinski definition) is 2. The first-order valence-corrected chi connectivity index (χ1v) is 11.4. The van der Waals surface area contributed by atoms with Crippen molar-refractivity contribution < 1.29 is 9.59 Å². The number of nitrogens with zero attached hydrogens (tertiary/aromatic N) is 1. The van der Waals surface area contributed by atoms with Gasteiger partial charge >= 0.3 is 0 Å². The van der Waals surface area contributed by atoms with Crippen LogP contribution in [-0.4, -0.2) is 23.3 Å². The first-order valence-electron chi connectivity index (χ1n) is 11.4. The van der Waals surface area contributed by atoms with E-state index in [1.54, 1.807) is 24.3 Å². The Morgan fingerprint density at radius 1 is 0.545 bits per heavy atom. The van der Waals surface area contributed by atoms with Crippen LogP contribution in [0.15, 0.2) is 109 Å². The van der Waals surface area contributed by atoms with E-state index < -0.39 is 0 Å². The van der Waals surface area contributed by atoms with Gasteiger partial charge in [-0.25, -0.2) is 0 Å². The molecule has 4 aromatic carbocycles. The van der Waals surface area contributed by atoms with E-state index in [-0.39, 0.29) is 17.7 Å². The number of hydrogen-bond donors (Lipinski definition) is 0. The van der Waals surface area contributed by atoms with E-state index >= 15 is 0 Å². The highest BCUT2D eigenvalue weighted by Crippen LogP contribution is 2.32. The van der Waals surface area contributed by atoms with Gasteiger partial charge < -0.3 is 0 Å². The van der Waals surface area contributed by atoms with E-state index in [4.69, 9.17) is 0 Å². The molecule has 0 fully saturated rings. The van der Waals surface area contributed by atoms with Crippen LogP contribution in [0.3, 0.4) is 0 Å². The van der Waals surface area contributed by atoms with Crippen molar-refractivity contribution in [1.82, 2.24) is 4.90 Å². The van der Waals surface area contributed by atoms with Crippen LogP contribution in [0.1, 0.15) is 55.3 Å². The number of rotatable bonds is 7. The number of carbonyl (C=O) groups is 2. The smallest absolute Gasteiger partial charge is 0.261 e. The zero-order valence-electron chi connectivity index (χ0n) is 18.4. The highest BCUT2D eigenvalue weighted by molar-refractivity contribution is 6.21. The van der Waals surface area contributed by atoms with Crippen LogP contribution >= 0.6 is 0 Å². The lowest BCUT2D eigenvalue weighted by Crippen LogP contribution is -2.30. The normalized spacial score (nSPS) is 12.9. The van der Waals surface area contributed by atoms with E-state index in [0.717, 1.165) is 12.8 Å². The Bertz CT molecular complexity index is 1190. The minimum atomic E-state index is -0.181. The number of fused-ring (bicyclic) bond motifs is 1. The molecule has 3 nitrogen and oxygen atoms in total. The molecule has 0 aromatic heterocycles. The molecule has 33 heavy (non-hydrogen) atoms. The van der Waals surface area contributed by atoms with E-state index in [1.165, 1.54) is 27.2 Å². The Kier molecular flexibility index (Phi) is 5.86. The lowest BCUT2D eigenvalue weighted by atomic mass is 9.85. The Balaban J connectivity index is 1.28. The van der Waals surface area contributed by atoms with Crippen LogP contribution < -0.4 is 0 Å². The van der Waals surface area contributed by atoms with Gasteiger partial charge in [0.25, 0.3) is 11.8 Å². The summed E-state index contributed by atoms with van der Waals surface area (Å²) < 4.78 is 0. The second-order valence-electron chi connectivity index (χ2n) is 8.41. The van der Waals surface area contributed by atoms with Crippen LogP contribution in [0.25, 0.3) is 0 Å². The number of amides is 2. The highest BCUT2D eigenvalue weighted by Gasteiger charge is 2.34. The van der Waals surface area contributed by atoms with E-state index in [9.17, 15) is 9.59 Å². The molecule has 5 rings (SSSR count). The molecule has 0 unspecified atom stereocenters. The van der Waals surface area contributed by atoms with E-state index in [2.05, 4.69) is 72.8 Å². The maximum atomic E-state index is 12.5. The molecule has 0 atom stereocenters. The first-order chi connectivity index (χ1) is 16.2. The lowest BCUT2D eigenvalue weighted by molar-refractivity contribution is 0.0652. The SMILES string of the molecule is O=C1c2ccccc2C(=O)N1CCCc1ccc(C(c2ccccc2)c2ccccc2)cc1. The van der Waals surface area contributed by atoms with Gasteiger partial charge in [-0.05, 0) is 47.2 Å². The molecule has 162 valence electrons. The number of aryl methyl sites for hydroxylation is 1. The molecule has 4 aromatic rings. The summed E-state index contributed by atoms with van der Waals surface area (Å²) in [6, 6.07) is 36.9. The van der Waals surface area contributed by atoms with Crippen molar-refractivity contribution in [2.24, 2.45) is 0 Å². The van der Waals surface area contributed by atoms with Crippen LogP contribution in [0.2, 0.25) is 0 Å². The molecule has 0 aliphatic carbocycles. The third kappa shape index (κ3) is 4.22. The molecule has 1 aliphatic heterocycles. The van der Waals surface area contributed by atoms with Gasteiger partial charge in [-0.1, -0.05) is 97.1 Å². The van der Waals surface area contributed by atoms with Gasteiger partial charge in [-0.3, -0.25) is 14.5 Å². The molecule has 0 spiro atoms. The summed E-state index contributed by atoms with van der Waals surface area (Å²) in [5.41, 5.74) is 6.01. The first kappa shape index (κ1) is 20.9. The molecular weight excluding hydrogens is 406 g/mol. The summed E-state index contributed by atoms with van der Waals surface area (Å²) in [6.45, 7) is 0.435. The molecule has 2 amide bonds. The maximum absolute atomic E-state index is 12.5. The van der Waals surface area contributed by atoms with Gasteiger partial charge in [0.15, 0.2) is 0 Å². The van der Waals surface area contributed by atoms with E-state index in [1.807, 2.05) is 12.1 Å². The predicted molar refractivity (Wildman–Crippen MR) is 130 cm³/mol. The van der Waals surface area contributed by atoms with Crippen molar-refractivity contribution >= 4 is 11.8 Å². The molecule has 3 heteroatoms. The molecular formula is C30H25NO2. The fourth-order valence-electron chi connectivity index (χ4n) is 4.63. The summed E-state index contributed by atoms with van der Waals surface area (Å²) in [4.78, 5) is 26.5. The van der Waals surface area contributed by atoms with Crippen molar-refractivity contribution in [2.75, 3.05) is 6.54 Å². The monoisotopic (exact) mass is 431 g/mol. The highest BCUT2D eigenvalue weighted by atomic mass is 16.2. The predicted octanol–water partition coefficient (Wildman–Crippen LogP) is 6.10. The van der Waals surface area contributed by atoms with Crippen LogP contribution in [0.4, 0.5) is 0 Å². The zero-order chi connectivity index (χ0) is 22.6. The molecule has 0 saturated carbocycles. The lowest BCUT2D eigenvalue weighted by Gasteiger charge is -2.19. The topological polar surface area (TPSA) is 37.4 Å². The standard InChI is InChI=1S/C30H25NO2/c32-29-26-15-7-8-16-27(26)30(33)31(29)21-9-10-22-17-19-25(20-18-22)28(23-11-3-1-4-12-23)24-13-5-2-6-14-24/h1-8,11-20,28H,9-10,21H2. The minimum absolute atomic E-state index is 0.180. The molecule has 0 radical (unpaired) electrons. The summed E-state index contributed by atoms with van der Waals surface area (Å²) in [5.74, 6) is -0.182. The second kappa shape index (κ2) is 9.25. The second-order valence-corrected chi connectivity index (χ2v) is 8.41. The van der Waals surface area contributed by atoms with Crippen LogP contribution in [0.5, 0.6) is 0 Å². The van der Waals surface area contributed by atoms with Gasteiger partial charge in [0.05, 0.1) is 11.1 Å². The number of benzene rings is 4. The van der Waals surface area contributed by atoms with Crippen molar-refractivity contribution in [2.45, 2.75) is 18.8 Å². The summed E-state index contributed by atoms with van der Waals surface area (Å²) in [5, 5.41) is 0. The molecule has 0 N–H and O–H groups in total. The molecule has 0 bridgehead atoms. The van der Waals surface area contributed by atoms with Crippen molar-refractivity contribution in [3.05, 3.63) is 143 Å². The third-order valence-corrected chi connectivity index (χ3v) is 6.30. The largest absolute Gasteiger partial charge is 0.274 e. The Labute approximate surface area is 194 Å². The average molecular weight is 432 g/mol. The van der Waals surface area contributed by atoms with Crippen molar-refractivity contribution in [3.8, 4) is 0 Å². The van der Waals surface area contributed by atoms with E-state index in [0.29, 0.717) is 17.7 Å². The molecule has 0 saturated heterocycles. The van der Waals surface area contributed by atoms with Gasteiger partial charge in [0.1, 0.15) is 0 Å². The van der Waals surface area contributed by atoms with Crippen LogP contribution in [-0.2, 0) is 6.42 Å². The average Bonchev–Trinajstić information content (AvgIpc) is 3.11. The summed E-state index contributed by atoms with van der Waals surface area (Å²) in [6.07, 6.45) is 1.56. The molecule has 1 heterocycles. The number of imide groups is 1. The van der Waals surface area contributed by atoms with Gasteiger partial charge in [-0.2, -0.15) is 0 Å². The maximum Gasteiger partial charge on any atom is 0.261 e. The fraction of sp³-hybridized carbons (Fsp3) is 0.133. The zero-order valence-corrected chi connectivity index (χ0v) is 18.4. The Hall–Kier alpha value is -3.98. The fourth-order valence-corrected chi connectivity index (χ4v) is 4.63. The summed E-state index contributed by atoms with van der Waals surface area (Å²) in [7, 11) is 0. The third-order valence-electron chi connectivity index (χ3n) is 6.30. The Morgan fingerprint density at radius 3 is 1.52 bits per heavy atom.